The monoisotopic (exact) mass is 215 g/mol. The summed E-state index contributed by atoms with van der Waals surface area (Å²) >= 11 is 0. The molecule has 4 nitrogen and oxygen atoms in total. The van der Waals surface area contributed by atoms with Crippen LogP contribution in [0.1, 0.15) is 27.2 Å². The van der Waals surface area contributed by atoms with Crippen molar-refractivity contribution < 1.29 is 4.79 Å². The maximum absolute atomic E-state index is 11.4. The van der Waals surface area contributed by atoms with Crippen LogP contribution in [0.2, 0.25) is 0 Å². The Morgan fingerprint density at radius 3 is 2.33 bits per heavy atom. The second-order valence-electron chi connectivity index (χ2n) is 4.48. The highest BCUT2D eigenvalue weighted by molar-refractivity contribution is 5.76. The second-order valence-corrected chi connectivity index (χ2v) is 4.48. The second kappa shape index (κ2) is 7.65. The van der Waals surface area contributed by atoms with Gasteiger partial charge in [-0.3, -0.25) is 4.79 Å². The first-order valence-corrected chi connectivity index (χ1v) is 5.60. The van der Waals surface area contributed by atoms with Crippen molar-refractivity contribution in [1.82, 2.24) is 15.5 Å². The van der Waals surface area contributed by atoms with Gasteiger partial charge >= 0.3 is 0 Å². The zero-order valence-corrected chi connectivity index (χ0v) is 10.6. The molecule has 1 atom stereocenters. The Bertz CT molecular complexity index is 181. The third kappa shape index (κ3) is 8.39. The number of carbonyl (C=O) groups is 1. The van der Waals surface area contributed by atoms with E-state index < -0.39 is 0 Å². The van der Waals surface area contributed by atoms with Crippen molar-refractivity contribution in [1.29, 1.82) is 0 Å². The van der Waals surface area contributed by atoms with Gasteiger partial charge in [0.2, 0.25) is 5.91 Å². The van der Waals surface area contributed by atoms with Crippen LogP contribution in [0.15, 0.2) is 0 Å². The lowest BCUT2D eigenvalue weighted by atomic mass is 10.3. The zero-order chi connectivity index (χ0) is 11.8. The number of nitrogens with one attached hydrogen (secondary N) is 2. The number of hydrogen-bond donors (Lipinski definition) is 2. The van der Waals surface area contributed by atoms with Gasteiger partial charge in [-0.1, -0.05) is 13.8 Å². The van der Waals surface area contributed by atoms with Gasteiger partial charge < -0.3 is 15.5 Å². The molecule has 0 rings (SSSR count). The predicted molar refractivity (Wildman–Crippen MR) is 63.9 cm³/mol. The SMILES string of the molecule is CC(C)NCCC(=O)NCC(C)N(C)C. The molecule has 0 saturated carbocycles. The number of hydrogen-bond acceptors (Lipinski definition) is 3. The molecule has 0 aromatic carbocycles. The highest BCUT2D eigenvalue weighted by Crippen LogP contribution is 1.89. The van der Waals surface area contributed by atoms with Gasteiger partial charge in [-0.2, -0.15) is 0 Å². The van der Waals surface area contributed by atoms with E-state index in [1.54, 1.807) is 0 Å². The smallest absolute Gasteiger partial charge is 0.221 e. The predicted octanol–water partition coefficient (Wildman–Crippen LogP) is 0.441. The number of nitrogens with zero attached hydrogens (tertiary/aromatic N) is 1. The summed E-state index contributed by atoms with van der Waals surface area (Å²) in [7, 11) is 4.02. The van der Waals surface area contributed by atoms with Crippen LogP contribution in [0.25, 0.3) is 0 Å². The lowest BCUT2D eigenvalue weighted by Gasteiger charge is -2.20. The van der Waals surface area contributed by atoms with E-state index in [1.807, 2.05) is 14.1 Å². The van der Waals surface area contributed by atoms with Gasteiger partial charge in [0.25, 0.3) is 0 Å². The fraction of sp³-hybridized carbons (Fsp3) is 0.909. The topological polar surface area (TPSA) is 44.4 Å². The molecular weight excluding hydrogens is 190 g/mol. The van der Waals surface area contributed by atoms with Gasteiger partial charge in [0.1, 0.15) is 0 Å². The number of rotatable bonds is 7. The van der Waals surface area contributed by atoms with E-state index in [2.05, 4.69) is 36.3 Å². The van der Waals surface area contributed by atoms with Crippen LogP contribution in [0.4, 0.5) is 0 Å². The molecule has 1 amide bonds. The molecule has 0 aromatic rings. The molecule has 0 radical (unpaired) electrons. The summed E-state index contributed by atoms with van der Waals surface area (Å²) < 4.78 is 0. The van der Waals surface area contributed by atoms with Crippen LogP contribution >= 0.6 is 0 Å². The maximum Gasteiger partial charge on any atom is 0.221 e. The Morgan fingerprint density at radius 2 is 1.87 bits per heavy atom. The third-order valence-electron chi connectivity index (χ3n) is 2.38. The van der Waals surface area contributed by atoms with Crippen molar-refractivity contribution in [3.05, 3.63) is 0 Å². The van der Waals surface area contributed by atoms with E-state index in [0.29, 0.717) is 25.0 Å². The Balaban J connectivity index is 3.49. The van der Waals surface area contributed by atoms with Crippen LogP contribution in [-0.4, -0.2) is 50.1 Å². The molecule has 2 N–H and O–H groups in total. The van der Waals surface area contributed by atoms with Gasteiger partial charge in [0.05, 0.1) is 0 Å². The molecule has 0 fully saturated rings. The molecule has 4 heteroatoms. The fourth-order valence-corrected chi connectivity index (χ4v) is 1.01. The van der Waals surface area contributed by atoms with Crippen molar-refractivity contribution in [3.8, 4) is 0 Å². The number of carbonyl (C=O) groups excluding carboxylic acids is 1. The highest BCUT2D eigenvalue weighted by atomic mass is 16.1. The van der Waals surface area contributed by atoms with Crippen molar-refractivity contribution in [2.75, 3.05) is 27.2 Å². The molecule has 15 heavy (non-hydrogen) atoms. The third-order valence-corrected chi connectivity index (χ3v) is 2.38. The zero-order valence-electron chi connectivity index (χ0n) is 10.6. The normalized spacial score (nSPS) is 13.3. The minimum atomic E-state index is 0.122. The van der Waals surface area contributed by atoms with Gasteiger partial charge in [-0.15, -0.1) is 0 Å². The summed E-state index contributed by atoms with van der Waals surface area (Å²) in [4.78, 5) is 13.5. The van der Waals surface area contributed by atoms with Gasteiger partial charge in [-0.25, -0.2) is 0 Å². The van der Waals surface area contributed by atoms with Crippen LogP contribution in [-0.2, 0) is 4.79 Å². The van der Waals surface area contributed by atoms with Crippen molar-refractivity contribution in [2.24, 2.45) is 0 Å². The standard InChI is InChI=1S/C11H25N3O/c1-9(2)12-7-6-11(15)13-8-10(3)14(4)5/h9-10,12H,6-8H2,1-5H3,(H,13,15). The average Bonchev–Trinajstić information content (AvgIpc) is 2.13. The van der Waals surface area contributed by atoms with Crippen LogP contribution in [0.5, 0.6) is 0 Å². The summed E-state index contributed by atoms with van der Waals surface area (Å²) in [5, 5.41) is 6.13. The lowest BCUT2D eigenvalue weighted by Crippen LogP contribution is -2.39. The average molecular weight is 215 g/mol. The first-order valence-electron chi connectivity index (χ1n) is 5.60. The summed E-state index contributed by atoms with van der Waals surface area (Å²) in [5.74, 6) is 0.122. The molecule has 0 saturated heterocycles. The molecule has 0 spiro atoms. The Kier molecular flexibility index (Phi) is 7.34. The quantitative estimate of drug-likeness (QED) is 0.648. The first kappa shape index (κ1) is 14.4. The van der Waals surface area contributed by atoms with E-state index in [0.717, 1.165) is 6.54 Å². The van der Waals surface area contributed by atoms with Gasteiger partial charge in [0, 0.05) is 31.6 Å². The molecule has 0 heterocycles. The van der Waals surface area contributed by atoms with E-state index >= 15 is 0 Å². The van der Waals surface area contributed by atoms with E-state index in [4.69, 9.17) is 0 Å². The molecule has 0 aliphatic heterocycles. The molecule has 1 unspecified atom stereocenters. The Hall–Kier alpha value is -0.610. The molecule has 0 aliphatic rings. The lowest BCUT2D eigenvalue weighted by molar-refractivity contribution is -0.121. The summed E-state index contributed by atoms with van der Waals surface area (Å²) in [6.45, 7) is 7.71. The van der Waals surface area contributed by atoms with Crippen LogP contribution < -0.4 is 10.6 Å². The Morgan fingerprint density at radius 1 is 1.27 bits per heavy atom. The Labute approximate surface area is 93.4 Å². The largest absolute Gasteiger partial charge is 0.355 e. The minimum absolute atomic E-state index is 0.122. The minimum Gasteiger partial charge on any atom is -0.355 e. The number of amides is 1. The molecule has 0 aromatic heterocycles. The van der Waals surface area contributed by atoms with Crippen LogP contribution in [0.3, 0.4) is 0 Å². The summed E-state index contributed by atoms with van der Waals surface area (Å²) in [5.41, 5.74) is 0. The van der Waals surface area contributed by atoms with Crippen molar-refractivity contribution in [2.45, 2.75) is 39.3 Å². The van der Waals surface area contributed by atoms with E-state index in [9.17, 15) is 4.79 Å². The molecule has 0 bridgehead atoms. The van der Waals surface area contributed by atoms with E-state index in [1.165, 1.54) is 0 Å². The molecular formula is C11H25N3O. The first-order chi connectivity index (χ1) is 6.93. The molecule has 0 aliphatic carbocycles. The fourth-order valence-electron chi connectivity index (χ4n) is 1.01. The van der Waals surface area contributed by atoms with Gasteiger partial charge in [-0.05, 0) is 21.0 Å². The van der Waals surface area contributed by atoms with Crippen LogP contribution in [0, 0.1) is 0 Å². The summed E-state index contributed by atoms with van der Waals surface area (Å²) in [6, 6.07) is 0.825. The van der Waals surface area contributed by atoms with Crippen molar-refractivity contribution >= 4 is 5.91 Å². The molecule has 90 valence electrons. The van der Waals surface area contributed by atoms with Gasteiger partial charge in [0.15, 0.2) is 0 Å². The number of likely N-dealkylation sites (N-methyl/N-ethyl adjacent to an activating group) is 1. The van der Waals surface area contributed by atoms with Crippen molar-refractivity contribution in [3.63, 3.8) is 0 Å². The highest BCUT2D eigenvalue weighted by Gasteiger charge is 2.06. The van der Waals surface area contributed by atoms with E-state index in [-0.39, 0.29) is 5.91 Å². The maximum atomic E-state index is 11.4. The summed E-state index contributed by atoms with van der Waals surface area (Å²) in [6.07, 6.45) is 0.554.